The SMILES string of the molecule is Cc1n[nH]c(C)c1S(=O)(=O)Nc1ccc2c(cnn2C)c1. The predicted octanol–water partition coefficient (Wildman–Crippen LogP) is 1.71. The minimum atomic E-state index is -3.66. The zero-order valence-electron chi connectivity index (χ0n) is 11.9. The van der Waals surface area contributed by atoms with Crippen molar-refractivity contribution in [2.75, 3.05) is 4.72 Å². The topological polar surface area (TPSA) is 92.7 Å². The summed E-state index contributed by atoms with van der Waals surface area (Å²) in [6, 6.07) is 5.30. The van der Waals surface area contributed by atoms with Crippen molar-refractivity contribution in [2.24, 2.45) is 7.05 Å². The van der Waals surface area contributed by atoms with E-state index in [1.807, 2.05) is 13.1 Å². The minimum Gasteiger partial charge on any atom is -0.281 e. The van der Waals surface area contributed by atoms with Crippen LogP contribution in [-0.4, -0.2) is 28.4 Å². The monoisotopic (exact) mass is 305 g/mol. The van der Waals surface area contributed by atoms with Crippen molar-refractivity contribution in [3.05, 3.63) is 35.8 Å². The van der Waals surface area contributed by atoms with Crippen molar-refractivity contribution < 1.29 is 8.42 Å². The van der Waals surface area contributed by atoms with Crippen LogP contribution in [0.25, 0.3) is 10.9 Å². The number of fused-ring (bicyclic) bond motifs is 1. The smallest absolute Gasteiger partial charge is 0.265 e. The quantitative estimate of drug-likeness (QED) is 0.770. The second-order valence-corrected chi connectivity index (χ2v) is 6.53. The maximum Gasteiger partial charge on any atom is 0.265 e. The van der Waals surface area contributed by atoms with Gasteiger partial charge in [0.2, 0.25) is 0 Å². The van der Waals surface area contributed by atoms with Gasteiger partial charge in [0.1, 0.15) is 4.90 Å². The highest BCUT2D eigenvalue weighted by molar-refractivity contribution is 7.92. The Morgan fingerprint density at radius 2 is 2.05 bits per heavy atom. The van der Waals surface area contributed by atoms with E-state index in [-0.39, 0.29) is 4.90 Å². The lowest BCUT2D eigenvalue weighted by Crippen LogP contribution is -2.14. The molecule has 8 heteroatoms. The number of nitrogens with zero attached hydrogens (tertiary/aromatic N) is 3. The number of hydrogen-bond donors (Lipinski definition) is 2. The maximum absolute atomic E-state index is 12.5. The van der Waals surface area contributed by atoms with Crippen LogP contribution in [0.3, 0.4) is 0 Å². The van der Waals surface area contributed by atoms with Crippen LogP contribution in [-0.2, 0) is 17.1 Å². The van der Waals surface area contributed by atoms with E-state index in [2.05, 4.69) is 20.0 Å². The standard InChI is InChI=1S/C13H15N5O2S/c1-8-13(9(2)16-15-8)21(19,20)17-11-4-5-12-10(6-11)7-14-18(12)3/h4-7,17H,1-3H3,(H,15,16). The number of rotatable bonds is 3. The van der Waals surface area contributed by atoms with Crippen molar-refractivity contribution in [1.82, 2.24) is 20.0 Å². The van der Waals surface area contributed by atoms with Gasteiger partial charge in [0.05, 0.1) is 23.1 Å². The number of benzene rings is 1. The lowest BCUT2D eigenvalue weighted by molar-refractivity contribution is 0.600. The van der Waals surface area contributed by atoms with Gasteiger partial charge in [-0.3, -0.25) is 14.5 Å². The Bertz CT molecular complexity index is 904. The molecule has 1 aromatic carbocycles. The summed E-state index contributed by atoms with van der Waals surface area (Å²) in [4.78, 5) is 0.189. The molecule has 110 valence electrons. The molecule has 2 N–H and O–H groups in total. The van der Waals surface area contributed by atoms with Crippen LogP contribution in [0, 0.1) is 13.8 Å². The first kappa shape index (κ1) is 13.6. The van der Waals surface area contributed by atoms with Crippen LogP contribution in [0.1, 0.15) is 11.4 Å². The first-order chi connectivity index (χ1) is 9.88. The highest BCUT2D eigenvalue weighted by Crippen LogP contribution is 2.23. The number of aromatic amines is 1. The molecule has 3 aromatic rings. The Morgan fingerprint density at radius 1 is 1.29 bits per heavy atom. The second kappa shape index (κ2) is 4.59. The Balaban J connectivity index is 2.01. The lowest BCUT2D eigenvalue weighted by atomic mass is 10.2. The summed E-state index contributed by atoms with van der Waals surface area (Å²) < 4.78 is 29.2. The van der Waals surface area contributed by atoms with Crippen molar-refractivity contribution in [3.8, 4) is 0 Å². The van der Waals surface area contributed by atoms with Crippen LogP contribution in [0.2, 0.25) is 0 Å². The van der Waals surface area contributed by atoms with Crippen LogP contribution in [0.15, 0.2) is 29.3 Å². The highest BCUT2D eigenvalue weighted by atomic mass is 32.2. The number of H-pyrrole nitrogens is 1. The molecule has 0 saturated heterocycles. The van der Waals surface area contributed by atoms with Crippen molar-refractivity contribution in [2.45, 2.75) is 18.7 Å². The van der Waals surface area contributed by atoms with E-state index in [1.54, 1.807) is 36.9 Å². The van der Waals surface area contributed by atoms with E-state index in [0.717, 1.165) is 10.9 Å². The number of hydrogen-bond acceptors (Lipinski definition) is 4. The van der Waals surface area contributed by atoms with Crippen LogP contribution in [0.4, 0.5) is 5.69 Å². The molecule has 3 rings (SSSR count). The molecule has 0 spiro atoms. The van der Waals surface area contributed by atoms with E-state index in [9.17, 15) is 8.42 Å². The number of sulfonamides is 1. The largest absolute Gasteiger partial charge is 0.281 e. The minimum absolute atomic E-state index is 0.189. The zero-order chi connectivity index (χ0) is 15.2. The fourth-order valence-corrected chi connectivity index (χ4v) is 3.79. The summed E-state index contributed by atoms with van der Waals surface area (Å²) in [5.41, 5.74) is 2.40. The number of aryl methyl sites for hydroxylation is 3. The number of anilines is 1. The third kappa shape index (κ3) is 2.27. The molecule has 0 radical (unpaired) electrons. The van der Waals surface area contributed by atoms with Gasteiger partial charge in [0.15, 0.2) is 0 Å². The fraction of sp³-hybridized carbons (Fsp3) is 0.231. The Labute approximate surface area is 122 Å². The summed E-state index contributed by atoms with van der Waals surface area (Å²) in [5, 5.41) is 11.6. The van der Waals surface area contributed by atoms with Gasteiger partial charge >= 0.3 is 0 Å². The van der Waals surface area contributed by atoms with Gasteiger partial charge in [-0.2, -0.15) is 10.2 Å². The first-order valence-corrected chi connectivity index (χ1v) is 7.83. The van der Waals surface area contributed by atoms with E-state index >= 15 is 0 Å². The summed E-state index contributed by atoms with van der Waals surface area (Å²) >= 11 is 0. The van der Waals surface area contributed by atoms with Crippen LogP contribution >= 0.6 is 0 Å². The molecule has 0 atom stereocenters. The molecule has 21 heavy (non-hydrogen) atoms. The van der Waals surface area contributed by atoms with Gasteiger partial charge in [-0.05, 0) is 32.0 Å². The third-order valence-corrected chi connectivity index (χ3v) is 4.97. The average molecular weight is 305 g/mol. The molecule has 0 fully saturated rings. The molecule has 2 aromatic heterocycles. The van der Waals surface area contributed by atoms with E-state index in [4.69, 9.17) is 0 Å². The summed E-state index contributed by atoms with van der Waals surface area (Å²) in [5.74, 6) is 0. The Kier molecular flexibility index (Phi) is 2.98. The van der Waals surface area contributed by atoms with Gasteiger partial charge < -0.3 is 0 Å². The van der Waals surface area contributed by atoms with Crippen molar-refractivity contribution in [3.63, 3.8) is 0 Å². The first-order valence-electron chi connectivity index (χ1n) is 6.34. The third-order valence-electron chi connectivity index (χ3n) is 3.33. The molecule has 0 aliphatic carbocycles. The van der Waals surface area contributed by atoms with Crippen molar-refractivity contribution in [1.29, 1.82) is 0 Å². The molecular formula is C13H15N5O2S. The normalized spacial score (nSPS) is 12.0. The van der Waals surface area contributed by atoms with E-state index in [0.29, 0.717) is 17.1 Å². The van der Waals surface area contributed by atoms with Gasteiger partial charge in [-0.1, -0.05) is 0 Å². The molecule has 2 heterocycles. The zero-order valence-corrected chi connectivity index (χ0v) is 12.7. The predicted molar refractivity (Wildman–Crippen MR) is 79.6 cm³/mol. The van der Waals surface area contributed by atoms with Gasteiger partial charge in [-0.25, -0.2) is 8.42 Å². The second-order valence-electron chi connectivity index (χ2n) is 4.91. The lowest BCUT2D eigenvalue weighted by Gasteiger charge is -2.08. The van der Waals surface area contributed by atoms with Crippen LogP contribution < -0.4 is 4.72 Å². The Hall–Kier alpha value is -2.35. The van der Waals surface area contributed by atoms with E-state index in [1.165, 1.54) is 0 Å². The molecule has 0 saturated carbocycles. The average Bonchev–Trinajstić information content (AvgIpc) is 2.93. The molecule has 0 unspecified atom stereocenters. The van der Waals surface area contributed by atoms with Gasteiger partial charge in [-0.15, -0.1) is 0 Å². The maximum atomic E-state index is 12.5. The van der Waals surface area contributed by atoms with Crippen LogP contribution in [0.5, 0.6) is 0 Å². The summed E-state index contributed by atoms with van der Waals surface area (Å²) in [7, 11) is -1.83. The molecule has 0 bridgehead atoms. The molecule has 0 aliphatic heterocycles. The van der Waals surface area contributed by atoms with Crippen molar-refractivity contribution >= 4 is 26.6 Å². The molecular weight excluding hydrogens is 290 g/mol. The van der Waals surface area contributed by atoms with Gasteiger partial charge in [0.25, 0.3) is 10.0 Å². The fourth-order valence-electron chi connectivity index (χ4n) is 2.37. The van der Waals surface area contributed by atoms with Gasteiger partial charge in [0, 0.05) is 18.1 Å². The molecule has 0 aliphatic rings. The Morgan fingerprint density at radius 3 is 2.71 bits per heavy atom. The molecule has 0 amide bonds. The summed E-state index contributed by atoms with van der Waals surface area (Å²) in [6.07, 6.45) is 1.70. The highest BCUT2D eigenvalue weighted by Gasteiger charge is 2.22. The summed E-state index contributed by atoms with van der Waals surface area (Å²) in [6.45, 7) is 3.33. The number of nitrogens with one attached hydrogen (secondary N) is 2. The molecule has 7 nitrogen and oxygen atoms in total. The number of aromatic nitrogens is 4. The van der Waals surface area contributed by atoms with E-state index < -0.39 is 10.0 Å².